The first kappa shape index (κ1) is 11.5. The van der Waals surface area contributed by atoms with E-state index in [2.05, 4.69) is 0 Å². The summed E-state index contributed by atoms with van der Waals surface area (Å²) in [6, 6.07) is 4.49. The van der Waals surface area contributed by atoms with Crippen LogP contribution in [0.25, 0.3) is 0 Å². The van der Waals surface area contributed by atoms with Crippen molar-refractivity contribution in [3.63, 3.8) is 0 Å². The maximum atomic E-state index is 13.3. The Balaban J connectivity index is 2.87. The maximum Gasteiger partial charge on any atom is 0.303 e. The third-order valence-electron chi connectivity index (χ3n) is 2.23. The number of hydrogen-bond acceptors (Lipinski definition) is 2. The molecule has 0 saturated heterocycles. The summed E-state index contributed by atoms with van der Waals surface area (Å²) in [6.45, 7) is 1.75. The van der Waals surface area contributed by atoms with Crippen molar-refractivity contribution in [2.24, 2.45) is 0 Å². The second kappa shape index (κ2) is 4.77. The second-order valence-electron chi connectivity index (χ2n) is 3.39. The first-order valence-electron chi connectivity index (χ1n) is 4.59. The highest BCUT2D eigenvalue weighted by Crippen LogP contribution is 2.24. The van der Waals surface area contributed by atoms with Gasteiger partial charge in [-0.1, -0.05) is 13.0 Å². The fraction of sp³-hybridized carbons (Fsp3) is 0.364. The topological polar surface area (TPSA) is 46.5 Å². The Kier molecular flexibility index (Phi) is 3.66. The minimum Gasteiger partial charge on any atom is -0.494 e. The van der Waals surface area contributed by atoms with Crippen LogP contribution in [0.3, 0.4) is 0 Å². The molecule has 0 bridgehead atoms. The van der Waals surface area contributed by atoms with Gasteiger partial charge in [0, 0.05) is 0 Å². The Bertz CT molecular complexity index is 363. The zero-order chi connectivity index (χ0) is 11.4. The first-order valence-corrected chi connectivity index (χ1v) is 4.59. The van der Waals surface area contributed by atoms with Gasteiger partial charge in [-0.15, -0.1) is 0 Å². The standard InChI is InChI=1S/C11H13FO3/c1-7(5-11(13)14)8-3-4-10(15-2)9(12)6-8/h3-4,6-7H,5H2,1-2H3,(H,13,14). The Hall–Kier alpha value is -1.58. The van der Waals surface area contributed by atoms with Crippen molar-refractivity contribution in [1.29, 1.82) is 0 Å². The van der Waals surface area contributed by atoms with E-state index in [0.29, 0.717) is 5.56 Å². The van der Waals surface area contributed by atoms with Crippen molar-refractivity contribution in [1.82, 2.24) is 0 Å². The number of rotatable bonds is 4. The van der Waals surface area contributed by atoms with Crippen LogP contribution >= 0.6 is 0 Å². The summed E-state index contributed by atoms with van der Waals surface area (Å²) in [5, 5.41) is 8.60. The molecule has 1 aromatic carbocycles. The van der Waals surface area contributed by atoms with E-state index in [1.807, 2.05) is 0 Å². The predicted molar refractivity (Wildman–Crippen MR) is 53.6 cm³/mol. The molecule has 82 valence electrons. The molecule has 0 saturated carbocycles. The van der Waals surface area contributed by atoms with Crippen molar-refractivity contribution in [3.8, 4) is 5.75 Å². The minimum absolute atomic E-state index is 0.00817. The summed E-state index contributed by atoms with van der Waals surface area (Å²) in [5.41, 5.74) is 0.663. The molecule has 4 heteroatoms. The Morgan fingerprint density at radius 3 is 2.73 bits per heavy atom. The van der Waals surface area contributed by atoms with Crippen LogP contribution in [0.4, 0.5) is 4.39 Å². The maximum absolute atomic E-state index is 13.3. The molecular weight excluding hydrogens is 199 g/mol. The Labute approximate surface area is 87.5 Å². The number of aliphatic carboxylic acids is 1. The summed E-state index contributed by atoms with van der Waals surface area (Å²) in [5.74, 6) is -1.39. The highest BCUT2D eigenvalue weighted by Gasteiger charge is 2.12. The van der Waals surface area contributed by atoms with Gasteiger partial charge in [0.1, 0.15) is 0 Å². The molecule has 0 aliphatic heterocycles. The largest absolute Gasteiger partial charge is 0.494 e. The van der Waals surface area contributed by atoms with Gasteiger partial charge in [-0.25, -0.2) is 4.39 Å². The van der Waals surface area contributed by atoms with Gasteiger partial charge < -0.3 is 9.84 Å². The fourth-order valence-corrected chi connectivity index (χ4v) is 1.37. The van der Waals surface area contributed by atoms with Gasteiger partial charge in [-0.3, -0.25) is 4.79 Å². The van der Waals surface area contributed by atoms with E-state index in [1.165, 1.54) is 19.2 Å². The summed E-state index contributed by atoms with van der Waals surface area (Å²) in [4.78, 5) is 10.5. The predicted octanol–water partition coefficient (Wildman–Crippen LogP) is 2.41. The molecule has 1 unspecified atom stereocenters. The molecule has 0 fully saturated rings. The summed E-state index contributed by atoms with van der Waals surface area (Å²) in [6.07, 6.45) is -0.00817. The highest BCUT2D eigenvalue weighted by atomic mass is 19.1. The smallest absolute Gasteiger partial charge is 0.303 e. The molecule has 15 heavy (non-hydrogen) atoms. The Morgan fingerprint density at radius 2 is 2.27 bits per heavy atom. The van der Waals surface area contributed by atoms with Gasteiger partial charge in [-0.2, -0.15) is 0 Å². The van der Waals surface area contributed by atoms with Crippen LogP contribution in [0.2, 0.25) is 0 Å². The zero-order valence-electron chi connectivity index (χ0n) is 8.66. The molecule has 0 spiro atoms. The van der Waals surface area contributed by atoms with Crippen molar-refractivity contribution in [3.05, 3.63) is 29.6 Å². The number of ether oxygens (including phenoxy) is 1. The van der Waals surface area contributed by atoms with Crippen molar-refractivity contribution >= 4 is 5.97 Å². The quantitative estimate of drug-likeness (QED) is 0.833. The normalized spacial score (nSPS) is 12.2. The molecule has 0 heterocycles. The first-order chi connectivity index (χ1) is 7.04. The van der Waals surface area contributed by atoms with E-state index < -0.39 is 11.8 Å². The number of carbonyl (C=O) groups is 1. The Morgan fingerprint density at radius 1 is 1.60 bits per heavy atom. The molecule has 0 amide bonds. The van der Waals surface area contributed by atoms with Crippen molar-refractivity contribution in [2.45, 2.75) is 19.3 Å². The SMILES string of the molecule is COc1ccc(C(C)CC(=O)O)cc1F. The van der Waals surface area contributed by atoms with E-state index >= 15 is 0 Å². The summed E-state index contributed by atoms with van der Waals surface area (Å²) in [7, 11) is 1.39. The van der Waals surface area contributed by atoms with Crippen LogP contribution in [0.5, 0.6) is 5.75 Å². The average Bonchev–Trinajstić information content (AvgIpc) is 2.16. The molecule has 0 aromatic heterocycles. The summed E-state index contributed by atoms with van der Waals surface area (Å²) < 4.78 is 18.0. The van der Waals surface area contributed by atoms with E-state index in [1.54, 1.807) is 13.0 Å². The molecule has 1 aromatic rings. The van der Waals surface area contributed by atoms with Crippen LogP contribution in [0.1, 0.15) is 24.8 Å². The lowest BCUT2D eigenvalue weighted by molar-refractivity contribution is -0.137. The van der Waals surface area contributed by atoms with Gasteiger partial charge in [0.05, 0.1) is 13.5 Å². The zero-order valence-corrected chi connectivity index (χ0v) is 8.66. The molecule has 1 rings (SSSR count). The lowest BCUT2D eigenvalue weighted by Gasteiger charge is -2.10. The lowest BCUT2D eigenvalue weighted by Crippen LogP contribution is -2.03. The van der Waals surface area contributed by atoms with Gasteiger partial charge in [0.25, 0.3) is 0 Å². The fourth-order valence-electron chi connectivity index (χ4n) is 1.37. The van der Waals surface area contributed by atoms with Gasteiger partial charge in [-0.05, 0) is 23.6 Å². The van der Waals surface area contributed by atoms with E-state index in [0.717, 1.165) is 0 Å². The molecule has 1 atom stereocenters. The molecule has 0 aliphatic rings. The van der Waals surface area contributed by atoms with E-state index in [-0.39, 0.29) is 18.1 Å². The van der Waals surface area contributed by atoms with Gasteiger partial charge >= 0.3 is 5.97 Å². The van der Waals surface area contributed by atoms with Crippen molar-refractivity contribution < 1.29 is 19.0 Å². The molecule has 0 aliphatic carbocycles. The lowest BCUT2D eigenvalue weighted by atomic mass is 9.98. The molecule has 1 N–H and O–H groups in total. The van der Waals surface area contributed by atoms with E-state index in [9.17, 15) is 9.18 Å². The van der Waals surface area contributed by atoms with Gasteiger partial charge in [0.15, 0.2) is 11.6 Å². The third kappa shape index (κ3) is 2.94. The highest BCUT2D eigenvalue weighted by molar-refractivity contribution is 5.68. The average molecular weight is 212 g/mol. The minimum atomic E-state index is -0.890. The second-order valence-corrected chi connectivity index (χ2v) is 3.39. The van der Waals surface area contributed by atoms with Crippen LogP contribution in [-0.4, -0.2) is 18.2 Å². The molecule has 0 radical (unpaired) electrons. The number of benzene rings is 1. The molecular formula is C11H13FO3. The van der Waals surface area contributed by atoms with Crippen LogP contribution in [0, 0.1) is 5.82 Å². The number of carboxylic acids is 1. The van der Waals surface area contributed by atoms with Crippen molar-refractivity contribution in [2.75, 3.05) is 7.11 Å². The number of hydrogen-bond donors (Lipinski definition) is 1. The van der Waals surface area contributed by atoms with Gasteiger partial charge in [0.2, 0.25) is 0 Å². The summed E-state index contributed by atoms with van der Waals surface area (Å²) >= 11 is 0. The monoisotopic (exact) mass is 212 g/mol. The van der Waals surface area contributed by atoms with E-state index in [4.69, 9.17) is 9.84 Å². The third-order valence-corrected chi connectivity index (χ3v) is 2.23. The molecule has 3 nitrogen and oxygen atoms in total. The number of methoxy groups -OCH3 is 1. The van der Waals surface area contributed by atoms with Crippen LogP contribution in [-0.2, 0) is 4.79 Å². The van der Waals surface area contributed by atoms with Crippen LogP contribution in [0.15, 0.2) is 18.2 Å². The van der Waals surface area contributed by atoms with Crippen LogP contribution < -0.4 is 4.74 Å². The number of carboxylic acid groups (broad SMARTS) is 1. The number of halogens is 1.